The Hall–Kier alpha value is -3.38. The summed E-state index contributed by atoms with van der Waals surface area (Å²) < 4.78 is 10.4. The zero-order chi connectivity index (χ0) is 21.3. The highest BCUT2D eigenvalue weighted by molar-refractivity contribution is 7.11. The van der Waals surface area contributed by atoms with E-state index in [1.54, 1.807) is 13.2 Å². The van der Waals surface area contributed by atoms with Gasteiger partial charge >= 0.3 is 5.97 Å². The first-order chi connectivity index (χ1) is 14.5. The van der Waals surface area contributed by atoms with Gasteiger partial charge in [0.15, 0.2) is 6.61 Å². The van der Waals surface area contributed by atoms with Crippen LogP contribution in [0, 0.1) is 6.92 Å². The summed E-state index contributed by atoms with van der Waals surface area (Å²) in [5, 5.41) is 4.65. The van der Waals surface area contributed by atoms with Crippen LogP contribution in [0.25, 0.3) is 11.6 Å². The fourth-order valence-corrected chi connectivity index (χ4v) is 3.52. The molecule has 0 radical (unpaired) electrons. The predicted octanol–water partition coefficient (Wildman–Crippen LogP) is 4.47. The van der Waals surface area contributed by atoms with Crippen molar-refractivity contribution < 1.29 is 19.1 Å². The molecule has 1 N–H and O–H groups in total. The minimum absolute atomic E-state index is 0.342. The van der Waals surface area contributed by atoms with Crippen LogP contribution in [0.4, 0.5) is 0 Å². The van der Waals surface area contributed by atoms with Crippen molar-refractivity contribution in [2.24, 2.45) is 0 Å². The molecule has 0 unspecified atom stereocenters. The number of carbonyl (C=O) groups excluding carboxylic acids is 2. The van der Waals surface area contributed by atoms with Crippen LogP contribution in [0.1, 0.15) is 21.6 Å². The van der Waals surface area contributed by atoms with Gasteiger partial charge in [-0.05, 0) is 47.7 Å². The molecule has 1 heterocycles. The van der Waals surface area contributed by atoms with Crippen molar-refractivity contribution in [1.82, 2.24) is 5.32 Å². The van der Waals surface area contributed by atoms with Crippen molar-refractivity contribution in [3.63, 3.8) is 0 Å². The van der Waals surface area contributed by atoms with Gasteiger partial charge in [-0.2, -0.15) is 0 Å². The summed E-state index contributed by atoms with van der Waals surface area (Å²) in [6.45, 7) is 2.00. The second-order valence-electron chi connectivity index (χ2n) is 6.65. The Morgan fingerprint density at radius 1 is 1.07 bits per heavy atom. The molecule has 0 fully saturated rings. The van der Waals surface area contributed by atoms with Crippen molar-refractivity contribution in [2.75, 3.05) is 13.7 Å². The second kappa shape index (κ2) is 10.4. The molecule has 6 heteroatoms. The molecule has 30 heavy (non-hydrogen) atoms. The van der Waals surface area contributed by atoms with Crippen molar-refractivity contribution in [3.05, 3.63) is 87.6 Å². The Morgan fingerprint density at radius 3 is 2.53 bits per heavy atom. The molecule has 0 aliphatic carbocycles. The van der Waals surface area contributed by atoms with E-state index in [9.17, 15) is 9.59 Å². The number of hydrogen-bond acceptors (Lipinski definition) is 5. The van der Waals surface area contributed by atoms with Gasteiger partial charge in [0, 0.05) is 11.4 Å². The van der Waals surface area contributed by atoms with Crippen molar-refractivity contribution in [1.29, 1.82) is 0 Å². The fourth-order valence-electron chi connectivity index (χ4n) is 2.79. The lowest BCUT2D eigenvalue weighted by atomic mass is 10.1. The molecule has 1 amide bonds. The molecule has 3 rings (SSSR count). The summed E-state index contributed by atoms with van der Waals surface area (Å²) in [6.07, 6.45) is 1.79. The highest BCUT2D eigenvalue weighted by atomic mass is 32.1. The molecule has 0 bridgehead atoms. The molecule has 3 aromatic rings. The lowest BCUT2D eigenvalue weighted by Crippen LogP contribution is -2.28. The zero-order valence-corrected chi connectivity index (χ0v) is 17.7. The van der Waals surface area contributed by atoms with Crippen molar-refractivity contribution in [2.45, 2.75) is 13.5 Å². The van der Waals surface area contributed by atoms with Gasteiger partial charge in [0.1, 0.15) is 5.75 Å². The van der Waals surface area contributed by atoms with E-state index >= 15 is 0 Å². The van der Waals surface area contributed by atoms with E-state index in [2.05, 4.69) is 5.32 Å². The SMILES string of the molecule is COc1ccc(CNC(=O)COC(=O)/C(=C/c2cccc(C)c2)c2cccs2)cc1. The van der Waals surface area contributed by atoms with Gasteiger partial charge in [-0.1, -0.05) is 48.0 Å². The molecule has 5 nitrogen and oxygen atoms in total. The molecule has 0 atom stereocenters. The van der Waals surface area contributed by atoms with Crippen molar-refractivity contribution in [3.8, 4) is 5.75 Å². The van der Waals surface area contributed by atoms with E-state index in [0.717, 1.165) is 27.3 Å². The number of nitrogens with one attached hydrogen (secondary N) is 1. The quantitative estimate of drug-likeness (QED) is 0.431. The van der Waals surface area contributed by atoms with E-state index in [-0.39, 0.29) is 12.5 Å². The zero-order valence-electron chi connectivity index (χ0n) is 16.9. The monoisotopic (exact) mass is 421 g/mol. The van der Waals surface area contributed by atoms with E-state index in [1.807, 2.05) is 73.0 Å². The topological polar surface area (TPSA) is 64.6 Å². The number of ether oxygens (including phenoxy) is 2. The third-order valence-corrected chi connectivity index (χ3v) is 5.25. The molecule has 0 spiro atoms. The van der Waals surface area contributed by atoms with E-state index < -0.39 is 5.97 Å². The number of hydrogen-bond donors (Lipinski definition) is 1. The molecular formula is C24H23NO4S. The average molecular weight is 422 g/mol. The van der Waals surface area contributed by atoms with Crippen LogP contribution in [-0.2, 0) is 20.9 Å². The Kier molecular flexibility index (Phi) is 7.40. The standard InChI is InChI=1S/C24H23NO4S/c1-17-5-3-6-19(13-17)14-21(22-7-4-12-30-22)24(27)29-16-23(26)25-15-18-8-10-20(28-2)11-9-18/h3-14H,15-16H2,1-2H3,(H,25,26)/b21-14+. The molecule has 0 saturated heterocycles. The van der Waals surface area contributed by atoms with Gasteiger partial charge in [0.2, 0.25) is 0 Å². The van der Waals surface area contributed by atoms with Crippen LogP contribution in [0.3, 0.4) is 0 Å². The van der Waals surface area contributed by atoms with Gasteiger partial charge in [-0.3, -0.25) is 4.79 Å². The summed E-state index contributed by atoms with van der Waals surface area (Å²) in [7, 11) is 1.60. The maximum absolute atomic E-state index is 12.7. The number of thiophene rings is 1. The van der Waals surface area contributed by atoms with Gasteiger partial charge in [-0.15, -0.1) is 11.3 Å². The number of esters is 1. The van der Waals surface area contributed by atoms with Gasteiger partial charge in [0.25, 0.3) is 5.91 Å². The van der Waals surface area contributed by atoms with Gasteiger partial charge in [0.05, 0.1) is 12.7 Å². The molecular weight excluding hydrogens is 398 g/mol. The predicted molar refractivity (Wildman–Crippen MR) is 119 cm³/mol. The number of carbonyl (C=O) groups is 2. The number of rotatable bonds is 8. The Labute approximate surface area is 180 Å². The smallest absolute Gasteiger partial charge is 0.340 e. The summed E-state index contributed by atoms with van der Waals surface area (Å²) in [5.41, 5.74) is 3.35. The Bertz CT molecular complexity index is 1020. The average Bonchev–Trinajstić information content (AvgIpc) is 3.29. The molecule has 2 aromatic carbocycles. The van der Waals surface area contributed by atoms with Crippen LogP contribution in [0.2, 0.25) is 0 Å². The molecule has 0 aliphatic heterocycles. The van der Waals surface area contributed by atoms with Gasteiger partial charge in [-0.25, -0.2) is 4.79 Å². The van der Waals surface area contributed by atoms with Crippen LogP contribution in [0.15, 0.2) is 66.0 Å². The number of methoxy groups -OCH3 is 1. The molecule has 1 aromatic heterocycles. The third-order valence-electron chi connectivity index (χ3n) is 4.34. The largest absolute Gasteiger partial charge is 0.497 e. The lowest BCUT2D eigenvalue weighted by molar-refractivity contribution is -0.142. The highest BCUT2D eigenvalue weighted by Crippen LogP contribution is 2.24. The van der Waals surface area contributed by atoms with E-state index in [4.69, 9.17) is 9.47 Å². The summed E-state index contributed by atoms with van der Waals surface area (Å²) in [5.74, 6) is -0.140. The maximum Gasteiger partial charge on any atom is 0.340 e. The maximum atomic E-state index is 12.7. The van der Waals surface area contributed by atoms with Crippen molar-refractivity contribution >= 4 is 34.9 Å². The first kappa shape index (κ1) is 21.3. The first-order valence-corrected chi connectivity index (χ1v) is 10.3. The van der Waals surface area contributed by atoms with Crippen LogP contribution < -0.4 is 10.1 Å². The van der Waals surface area contributed by atoms with Crippen LogP contribution in [-0.4, -0.2) is 25.6 Å². The Balaban J connectivity index is 1.60. The van der Waals surface area contributed by atoms with E-state index in [1.165, 1.54) is 11.3 Å². The summed E-state index contributed by atoms with van der Waals surface area (Å²) >= 11 is 1.45. The third kappa shape index (κ3) is 6.06. The molecule has 0 aliphatic rings. The van der Waals surface area contributed by atoms with Crippen LogP contribution >= 0.6 is 11.3 Å². The normalized spacial score (nSPS) is 11.1. The summed E-state index contributed by atoms with van der Waals surface area (Å²) in [4.78, 5) is 25.6. The van der Waals surface area contributed by atoms with Gasteiger partial charge < -0.3 is 14.8 Å². The lowest BCUT2D eigenvalue weighted by Gasteiger charge is -2.09. The first-order valence-electron chi connectivity index (χ1n) is 9.44. The number of benzene rings is 2. The number of aryl methyl sites for hydroxylation is 1. The van der Waals surface area contributed by atoms with E-state index in [0.29, 0.717) is 12.1 Å². The molecule has 154 valence electrons. The Morgan fingerprint density at radius 2 is 1.87 bits per heavy atom. The number of amides is 1. The molecule has 0 saturated carbocycles. The summed E-state index contributed by atoms with van der Waals surface area (Å²) in [6, 6.07) is 19.0. The minimum Gasteiger partial charge on any atom is -0.497 e. The van der Waals surface area contributed by atoms with Crippen LogP contribution in [0.5, 0.6) is 5.75 Å². The highest BCUT2D eigenvalue weighted by Gasteiger charge is 2.16. The second-order valence-corrected chi connectivity index (χ2v) is 7.60. The minimum atomic E-state index is -0.529. The fraction of sp³-hybridized carbons (Fsp3) is 0.167.